The fourth-order valence-corrected chi connectivity index (χ4v) is 4.91. The molecule has 0 aliphatic carbocycles. The number of alkyl carbamates (subject to hydrolysis) is 1. The molecule has 0 radical (unpaired) electrons. The Kier molecular flexibility index (Phi) is 15.0. The monoisotopic (exact) mass is 630 g/mol. The molecule has 1 aliphatic heterocycles. The van der Waals surface area contributed by atoms with Gasteiger partial charge in [0, 0.05) is 24.6 Å². The highest BCUT2D eigenvalue weighted by Crippen LogP contribution is 2.18. The molecule has 250 valence electrons. The van der Waals surface area contributed by atoms with Gasteiger partial charge in [0.2, 0.25) is 17.7 Å². The summed E-state index contributed by atoms with van der Waals surface area (Å²) in [4.78, 5) is 64.4. The van der Waals surface area contributed by atoms with Gasteiger partial charge in [-0.1, -0.05) is 50.3 Å². The van der Waals surface area contributed by atoms with E-state index >= 15 is 0 Å². The fourth-order valence-electron chi connectivity index (χ4n) is 4.91. The lowest BCUT2D eigenvalue weighted by molar-refractivity contribution is -0.137. The Morgan fingerprint density at radius 1 is 1.00 bits per heavy atom. The summed E-state index contributed by atoms with van der Waals surface area (Å²) in [5.41, 5.74) is 0.149. The molecule has 12 nitrogen and oxygen atoms in total. The Hall–Kier alpha value is -3.93. The lowest BCUT2D eigenvalue weighted by atomic mass is 9.96. The van der Waals surface area contributed by atoms with Crippen molar-refractivity contribution in [3.8, 4) is 0 Å². The summed E-state index contributed by atoms with van der Waals surface area (Å²) in [5.74, 6) is -2.14. The van der Waals surface area contributed by atoms with Crippen LogP contribution in [0.15, 0.2) is 42.5 Å². The minimum Gasteiger partial charge on any atom is -0.463 e. The van der Waals surface area contributed by atoms with Crippen LogP contribution in [0.1, 0.15) is 73.3 Å². The molecule has 1 aromatic rings. The van der Waals surface area contributed by atoms with Crippen LogP contribution in [0.4, 0.5) is 4.79 Å². The Morgan fingerprint density at radius 2 is 1.69 bits per heavy atom. The Morgan fingerprint density at radius 3 is 2.27 bits per heavy atom. The maximum atomic E-state index is 13.7. The summed E-state index contributed by atoms with van der Waals surface area (Å²) in [6.45, 7) is 13.4. The van der Waals surface area contributed by atoms with Gasteiger partial charge in [-0.05, 0) is 65.4 Å². The first-order chi connectivity index (χ1) is 21.2. The number of rotatable bonds is 16. The van der Waals surface area contributed by atoms with E-state index in [2.05, 4.69) is 21.3 Å². The predicted molar refractivity (Wildman–Crippen MR) is 169 cm³/mol. The van der Waals surface area contributed by atoms with E-state index in [9.17, 15) is 24.0 Å². The highest BCUT2D eigenvalue weighted by molar-refractivity contribution is 5.92. The third-order valence-electron chi connectivity index (χ3n) is 6.90. The van der Waals surface area contributed by atoms with Crippen LogP contribution >= 0.6 is 0 Å². The number of hydrogen-bond acceptors (Lipinski definition) is 8. The van der Waals surface area contributed by atoms with Crippen molar-refractivity contribution in [1.82, 2.24) is 21.3 Å². The molecule has 0 unspecified atom stereocenters. The SMILES string of the molecule is CCOC(=O)/C=C/[C@@H](C[C@@H]1CCNC1=O)NC(=O)[C@H](CC(C)C)NC(=O)[C@@H](NC(=O)OCc1ccccc1)[C@@H](C)OC(C)(C)C. The van der Waals surface area contributed by atoms with Crippen molar-refractivity contribution in [2.45, 2.75) is 104 Å². The van der Waals surface area contributed by atoms with Gasteiger partial charge in [0.25, 0.3) is 0 Å². The van der Waals surface area contributed by atoms with E-state index in [4.69, 9.17) is 14.2 Å². The molecule has 2 rings (SSSR count). The molecular weight excluding hydrogens is 580 g/mol. The maximum Gasteiger partial charge on any atom is 0.408 e. The lowest BCUT2D eigenvalue weighted by Crippen LogP contribution is -2.59. The van der Waals surface area contributed by atoms with Gasteiger partial charge in [0.1, 0.15) is 18.7 Å². The second-order valence-corrected chi connectivity index (χ2v) is 12.5. The zero-order valence-corrected chi connectivity index (χ0v) is 27.5. The summed E-state index contributed by atoms with van der Waals surface area (Å²) in [7, 11) is 0. The van der Waals surface area contributed by atoms with Crippen molar-refractivity contribution in [2.75, 3.05) is 13.2 Å². The van der Waals surface area contributed by atoms with Crippen LogP contribution in [0.3, 0.4) is 0 Å². The van der Waals surface area contributed by atoms with E-state index in [-0.39, 0.29) is 43.8 Å². The van der Waals surface area contributed by atoms with Crippen LogP contribution in [0.2, 0.25) is 0 Å². The fraction of sp³-hybridized carbons (Fsp3) is 0.606. The summed E-state index contributed by atoms with van der Waals surface area (Å²) < 4.78 is 16.3. The van der Waals surface area contributed by atoms with E-state index in [1.54, 1.807) is 13.8 Å². The first-order valence-corrected chi connectivity index (χ1v) is 15.6. The predicted octanol–water partition coefficient (Wildman–Crippen LogP) is 3.15. The van der Waals surface area contributed by atoms with Gasteiger partial charge in [-0.2, -0.15) is 0 Å². The van der Waals surface area contributed by atoms with Crippen molar-refractivity contribution >= 4 is 29.8 Å². The summed E-state index contributed by atoms with van der Waals surface area (Å²) in [6.07, 6.45) is 2.29. The number of ether oxygens (including phenoxy) is 3. The molecule has 0 aromatic heterocycles. The van der Waals surface area contributed by atoms with Crippen molar-refractivity contribution in [3.05, 3.63) is 48.0 Å². The van der Waals surface area contributed by atoms with Crippen LogP contribution in [0, 0.1) is 11.8 Å². The van der Waals surface area contributed by atoms with E-state index in [0.717, 1.165) is 5.56 Å². The number of carbonyl (C=O) groups is 5. The molecule has 0 spiro atoms. The molecule has 1 heterocycles. The quantitative estimate of drug-likeness (QED) is 0.160. The largest absolute Gasteiger partial charge is 0.463 e. The highest BCUT2D eigenvalue weighted by Gasteiger charge is 2.35. The first kappa shape index (κ1) is 37.3. The topological polar surface area (TPSA) is 161 Å². The zero-order chi connectivity index (χ0) is 33.6. The summed E-state index contributed by atoms with van der Waals surface area (Å²) in [5, 5.41) is 11.1. The van der Waals surface area contributed by atoms with E-state index in [1.165, 1.54) is 12.2 Å². The van der Waals surface area contributed by atoms with Gasteiger partial charge < -0.3 is 35.5 Å². The number of carbonyl (C=O) groups excluding carboxylic acids is 5. The van der Waals surface area contributed by atoms with Crippen LogP contribution in [0.5, 0.6) is 0 Å². The number of amides is 4. The molecule has 0 bridgehead atoms. The van der Waals surface area contributed by atoms with Crippen molar-refractivity contribution in [3.63, 3.8) is 0 Å². The van der Waals surface area contributed by atoms with Gasteiger partial charge in [-0.15, -0.1) is 0 Å². The van der Waals surface area contributed by atoms with Crippen molar-refractivity contribution in [2.24, 2.45) is 11.8 Å². The molecule has 4 amide bonds. The average Bonchev–Trinajstić information content (AvgIpc) is 3.36. The van der Waals surface area contributed by atoms with E-state index < -0.39 is 53.7 Å². The Labute approximate surface area is 266 Å². The van der Waals surface area contributed by atoms with Crippen LogP contribution in [-0.4, -0.2) is 72.8 Å². The molecular formula is C33H50N4O8. The van der Waals surface area contributed by atoms with Gasteiger partial charge >= 0.3 is 12.1 Å². The molecule has 45 heavy (non-hydrogen) atoms. The lowest BCUT2D eigenvalue weighted by Gasteiger charge is -2.32. The van der Waals surface area contributed by atoms with Crippen LogP contribution in [0.25, 0.3) is 0 Å². The van der Waals surface area contributed by atoms with E-state index in [0.29, 0.717) is 13.0 Å². The van der Waals surface area contributed by atoms with Crippen LogP contribution in [-0.2, 0) is 40.0 Å². The molecule has 12 heteroatoms. The molecule has 1 saturated heterocycles. The highest BCUT2D eigenvalue weighted by atomic mass is 16.6. The van der Waals surface area contributed by atoms with Gasteiger partial charge in [0.15, 0.2) is 0 Å². The van der Waals surface area contributed by atoms with Crippen molar-refractivity contribution < 1.29 is 38.2 Å². The average molecular weight is 631 g/mol. The Balaban J connectivity index is 2.22. The number of hydrogen-bond donors (Lipinski definition) is 4. The van der Waals surface area contributed by atoms with Gasteiger partial charge in [0.05, 0.1) is 18.3 Å². The second kappa shape index (κ2) is 18.1. The van der Waals surface area contributed by atoms with Gasteiger partial charge in [-0.3, -0.25) is 14.4 Å². The molecule has 0 saturated carbocycles. The standard InChI is InChI=1S/C33H50N4O8/c1-8-43-27(38)15-14-25(19-24-16-17-34-29(24)39)35-30(40)26(18-21(2)3)36-31(41)28(22(4)45-33(5,6)7)37-32(42)44-20-23-12-10-9-11-13-23/h9-15,21-22,24-26,28H,8,16-20H2,1-7H3,(H,34,39)(H,35,40)(H,36,41)(H,37,42)/b15-14+/t22-,24+,25+,26+,28+/m1/s1. The third-order valence-corrected chi connectivity index (χ3v) is 6.90. The second-order valence-electron chi connectivity index (χ2n) is 12.5. The zero-order valence-electron chi connectivity index (χ0n) is 27.5. The smallest absolute Gasteiger partial charge is 0.408 e. The maximum absolute atomic E-state index is 13.7. The molecule has 1 aliphatic rings. The minimum atomic E-state index is -1.18. The number of benzene rings is 1. The number of nitrogens with one attached hydrogen (secondary N) is 4. The Bertz CT molecular complexity index is 1160. The van der Waals surface area contributed by atoms with Crippen LogP contribution < -0.4 is 21.3 Å². The minimum absolute atomic E-state index is 0.00756. The van der Waals surface area contributed by atoms with Crippen molar-refractivity contribution in [1.29, 1.82) is 0 Å². The normalized spacial score (nSPS) is 17.6. The summed E-state index contributed by atoms with van der Waals surface area (Å²) in [6, 6.07) is 6.28. The molecule has 4 N–H and O–H groups in total. The number of esters is 1. The molecule has 1 aromatic carbocycles. The van der Waals surface area contributed by atoms with E-state index in [1.807, 2.05) is 65.0 Å². The summed E-state index contributed by atoms with van der Waals surface area (Å²) >= 11 is 0. The van der Waals surface area contributed by atoms with Gasteiger partial charge in [-0.25, -0.2) is 9.59 Å². The first-order valence-electron chi connectivity index (χ1n) is 15.6. The molecule has 1 fully saturated rings. The third kappa shape index (κ3) is 14.1. The molecule has 5 atom stereocenters.